The Morgan fingerprint density at radius 3 is 2.64 bits per heavy atom. The third-order valence-corrected chi connectivity index (χ3v) is 2.60. The molecule has 1 aromatic carbocycles. The molecule has 0 radical (unpaired) electrons. The van der Waals surface area contributed by atoms with Gasteiger partial charge in [0.1, 0.15) is 5.75 Å². The highest BCUT2D eigenvalue weighted by Gasteiger charge is 2.06. The highest BCUT2D eigenvalue weighted by atomic mass is 79.9. The van der Waals surface area contributed by atoms with Crippen molar-refractivity contribution in [3.05, 3.63) is 29.3 Å². The predicted molar refractivity (Wildman–Crippen MR) is 64.1 cm³/mol. The molecule has 0 aromatic heterocycles. The molecule has 0 aliphatic carbocycles. The first kappa shape index (κ1) is 11.6. The van der Waals surface area contributed by atoms with E-state index in [1.54, 1.807) is 0 Å². The highest BCUT2D eigenvalue weighted by molar-refractivity contribution is 9.08. The van der Waals surface area contributed by atoms with E-state index in [-0.39, 0.29) is 0 Å². The van der Waals surface area contributed by atoms with Gasteiger partial charge >= 0.3 is 0 Å². The average Bonchev–Trinajstić information content (AvgIpc) is 2.15. The number of ether oxygens (including phenoxy) is 1. The fourth-order valence-electron chi connectivity index (χ4n) is 1.27. The largest absolute Gasteiger partial charge is 0.493 e. The van der Waals surface area contributed by atoms with Gasteiger partial charge in [-0.15, -0.1) is 0 Å². The number of para-hydroxylation sites is 1. The van der Waals surface area contributed by atoms with Gasteiger partial charge in [0.25, 0.3) is 0 Å². The van der Waals surface area contributed by atoms with E-state index in [0.717, 1.165) is 17.7 Å². The molecule has 0 fully saturated rings. The summed E-state index contributed by atoms with van der Waals surface area (Å²) in [5, 5.41) is 0.849. The Labute approximate surface area is 94.6 Å². The summed E-state index contributed by atoms with van der Waals surface area (Å²) in [6, 6.07) is 6.24. The van der Waals surface area contributed by atoms with Crippen molar-refractivity contribution < 1.29 is 4.74 Å². The topological polar surface area (TPSA) is 9.23 Å². The number of aryl methyl sites for hydroxylation is 1. The van der Waals surface area contributed by atoms with Crippen LogP contribution in [0.1, 0.15) is 25.0 Å². The van der Waals surface area contributed by atoms with Crippen LogP contribution >= 0.6 is 15.9 Å². The standard InChI is InChI=1S/C12H17BrO/c1-9(2)8-14-12-10(3)5-4-6-11(12)7-13/h4-6,9H,7-8H2,1-3H3. The summed E-state index contributed by atoms with van der Waals surface area (Å²) in [6.07, 6.45) is 0. The molecule has 78 valence electrons. The molecular weight excluding hydrogens is 240 g/mol. The van der Waals surface area contributed by atoms with Gasteiger partial charge in [-0.1, -0.05) is 48.0 Å². The molecular formula is C12H17BrO. The SMILES string of the molecule is Cc1cccc(CBr)c1OCC(C)C. The van der Waals surface area contributed by atoms with E-state index in [0.29, 0.717) is 5.92 Å². The third kappa shape index (κ3) is 3.02. The number of hydrogen-bond acceptors (Lipinski definition) is 1. The maximum atomic E-state index is 5.79. The van der Waals surface area contributed by atoms with Gasteiger partial charge in [0.2, 0.25) is 0 Å². The van der Waals surface area contributed by atoms with Crippen molar-refractivity contribution in [1.82, 2.24) is 0 Å². The molecule has 0 heterocycles. The van der Waals surface area contributed by atoms with Gasteiger partial charge in [-0.2, -0.15) is 0 Å². The molecule has 0 aliphatic heterocycles. The lowest BCUT2D eigenvalue weighted by Crippen LogP contribution is -2.06. The molecule has 0 bridgehead atoms. The molecule has 1 nitrogen and oxygen atoms in total. The third-order valence-electron chi connectivity index (χ3n) is 2.00. The molecule has 0 unspecified atom stereocenters. The van der Waals surface area contributed by atoms with Gasteiger partial charge in [0.15, 0.2) is 0 Å². The fraction of sp³-hybridized carbons (Fsp3) is 0.500. The van der Waals surface area contributed by atoms with Gasteiger partial charge in [-0.05, 0) is 18.4 Å². The Hall–Kier alpha value is -0.500. The molecule has 0 amide bonds. The molecule has 0 saturated carbocycles. The Morgan fingerprint density at radius 1 is 1.36 bits per heavy atom. The van der Waals surface area contributed by atoms with E-state index in [1.807, 2.05) is 0 Å². The lowest BCUT2D eigenvalue weighted by molar-refractivity contribution is 0.267. The smallest absolute Gasteiger partial charge is 0.126 e. The first-order valence-corrected chi connectivity index (χ1v) is 6.04. The molecule has 2 heteroatoms. The van der Waals surface area contributed by atoms with Crippen molar-refractivity contribution in [2.75, 3.05) is 6.61 Å². The first-order chi connectivity index (χ1) is 6.65. The lowest BCUT2D eigenvalue weighted by Gasteiger charge is -2.14. The van der Waals surface area contributed by atoms with E-state index in [9.17, 15) is 0 Å². The van der Waals surface area contributed by atoms with E-state index in [4.69, 9.17) is 4.74 Å². The van der Waals surface area contributed by atoms with Gasteiger partial charge < -0.3 is 4.74 Å². The lowest BCUT2D eigenvalue weighted by atomic mass is 10.1. The van der Waals surface area contributed by atoms with Crippen LogP contribution in [0, 0.1) is 12.8 Å². The van der Waals surface area contributed by atoms with Crippen molar-refractivity contribution in [2.45, 2.75) is 26.1 Å². The predicted octanol–water partition coefficient (Wildman–Crippen LogP) is 3.92. The summed E-state index contributed by atoms with van der Waals surface area (Å²) < 4.78 is 5.79. The minimum absolute atomic E-state index is 0.567. The van der Waals surface area contributed by atoms with E-state index < -0.39 is 0 Å². The molecule has 1 aromatic rings. The summed E-state index contributed by atoms with van der Waals surface area (Å²) >= 11 is 3.47. The maximum Gasteiger partial charge on any atom is 0.126 e. The van der Waals surface area contributed by atoms with Crippen LogP contribution < -0.4 is 4.74 Å². The monoisotopic (exact) mass is 256 g/mol. The number of halogens is 1. The molecule has 0 atom stereocenters. The zero-order valence-corrected chi connectivity index (χ0v) is 10.6. The zero-order valence-electron chi connectivity index (χ0n) is 9.01. The highest BCUT2D eigenvalue weighted by Crippen LogP contribution is 2.25. The number of rotatable bonds is 4. The summed E-state index contributed by atoms with van der Waals surface area (Å²) in [4.78, 5) is 0. The Kier molecular flexibility index (Phi) is 4.46. The molecule has 0 spiro atoms. The Bertz CT molecular complexity index is 294. The van der Waals surface area contributed by atoms with Crippen molar-refractivity contribution in [2.24, 2.45) is 5.92 Å². The van der Waals surface area contributed by atoms with Crippen molar-refractivity contribution in [3.8, 4) is 5.75 Å². The number of benzene rings is 1. The van der Waals surface area contributed by atoms with Crippen LogP contribution in [0.4, 0.5) is 0 Å². The quantitative estimate of drug-likeness (QED) is 0.743. The van der Waals surface area contributed by atoms with Crippen LogP contribution in [-0.2, 0) is 5.33 Å². The van der Waals surface area contributed by atoms with Crippen molar-refractivity contribution in [1.29, 1.82) is 0 Å². The molecule has 1 rings (SSSR count). The van der Waals surface area contributed by atoms with E-state index in [2.05, 4.69) is 54.9 Å². The Balaban J connectivity index is 2.82. The summed E-state index contributed by atoms with van der Waals surface area (Å²) in [7, 11) is 0. The summed E-state index contributed by atoms with van der Waals surface area (Å²) in [5.74, 6) is 1.61. The molecule has 0 saturated heterocycles. The van der Waals surface area contributed by atoms with Crippen LogP contribution in [0.5, 0.6) is 5.75 Å². The van der Waals surface area contributed by atoms with Crippen molar-refractivity contribution in [3.63, 3.8) is 0 Å². The molecule has 14 heavy (non-hydrogen) atoms. The normalized spacial score (nSPS) is 10.6. The van der Waals surface area contributed by atoms with Crippen LogP contribution in [0.15, 0.2) is 18.2 Å². The van der Waals surface area contributed by atoms with Crippen LogP contribution in [0.3, 0.4) is 0 Å². The minimum Gasteiger partial charge on any atom is -0.493 e. The maximum absolute atomic E-state index is 5.79. The minimum atomic E-state index is 0.567. The zero-order chi connectivity index (χ0) is 10.6. The van der Waals surface area contributed by atoms with Gasteiger partial charge in [-0.25, -0.2) is 0 Å². The second-order valence-corrected chi connectivity index (χ2v) is 4.46. The van der Waals surface area contributed by atoms with Gasteiger partial charge in [-0.3, -0.25) is 0 Å². The fourth-order valence-corrected chi connectivity index (χ4v) is 1.72. The van der Waals surface area contributed by atoms with Gasteiger partial charge in [0, 0.05) is 10.9 Å². The first-order valence-electron chi connectivity index (χ1n) is 4.92. The molecule has 0 aliphatic rings. The van der Waals surface area contributed by atoms with Crippen LogP contribution in [-0.4, -0.2) is 6.61 Å². The summed E-state index contributed by atoms with van der Waals surface area (Å²) in [6.45, 7) is 7.19. The second kappa shape index (κ2) is 5.40. The number of alkyl halides is 1. The average molecular weight is 257 g/mol. The van der Waals surface area contributed by atoms with Crippen LogP contribution in [0.25, 0.3) is 0 Å². The summed E-state index contributed by atoms with van der Waals surface area (Å²) in [5.41, 5.74) is 2.44. The second-order valence-electron chi connectivity index (χ2n) is 3.90. The van der Waals surface area contributed by atoms with Crippen LogP contribution in [0.2, 0.25) is 0 Å². The van der Waals surface area contributed by atoms with Gasteiger partial charge in [0.05, 0.1) is 6.61 Å². The Morgan fingerprint density at radius 2 is 2.07 bits per heavy atom. The van der Waals surface area contributed by atoms with Crippen molar-refractivity contribution >= 4 is 15.9 Å². The van der Waals surface area contributed by atoms with E-state index in [1.165, 1.54) is 11.1 Å². The number of hydrogen-bond donors (Lipinski definition) is 0. The molecule has 0 N–H and O–H groups in total. The van der Waals surface area contributed by atoms with E-state index >= 15 is 0 Å².